The highest BCUT2D eigenvalue weighted by molar-refractivity contribution is 5.65. The van der Waals surface area contributed by atoms with Crippen LogP contribution in [-0.2, 0) is 4.79 Å². The summed E-state index contributed by atoms with van der Waals surface area (Å²) < 4.78 is 0. The number of hydrogen-bond donors (Lipinski definition) is 1. The fourth-order valence-electron chi connectivity index (χ4n) is 2.80. The maximum atomic E-state index is 10.9. The molecule has 6 nitrogen and oxygen atoms in total. The van der Waals surface area contributed by atoms with Gasteiger partial charge in [-0.05, 0) is 13.3 Å². The molecule has 3 rings (SSSR count). The van der Waals surface area contributed by atoms with Crippen LogP contribution in [0.4, 0.5) is 11.8 Å². The molecule has 0 bridgehead atoms. The van der Waals surface area contributed by atoms with Gasteiger partial charge in [0.25, 0.3) is 0 Å². The average Bonchev–Trinajstić information content (AvgIpc) is 2.68. The SMILES string of the molecule is CCC(C)Nc1nc(-c2ccccc2)cc(N2CCN(C=O)CC2)n1. The van der Waals surface area contributed by atoms with Crippen LogP contribution in [0.1, 0.15) is 20.3 Å². The van der Waals surface area contributed by atoms with E-state index in [-0.39, 0.29) is 0 Å². The normalized spacial score (nSPS) is 15.8. The highest BCUT2D eigenvalue weighted by Gasteiger charge is 2.19. The molecule has 0 radical (unpaired) electrons. The summed E-state index contributed by atoms with van der Waals surface area (Å²) in [4.78, 5) is 24.4. The highest BCUT2D eigenvalue weighted by atomic mass is 16.1. The van der Waals surface area contributed by atoms with E-state index >= 15 is 0 Å². The van der Waals surface area contributed by atoms with Gasteiger partial charge in [0.15, 0.2) is 0 Å². The third-order valence-corrected chi connectivity index (χ3v) is 4.56. The van der Waals surface area contributed by atoms with Crippen molar-refractivity contribution >= 4 is 18.2 Å². The summed E-state index contributed by atoms with van der Waals surface area (Å²) in [5, 5.41) is 3.39. The summed E-state index contributed by atoms with van der Waals surface area (Å²) in [6, 6.07) is 12.5. The van der Waals surface area contributed by atoms with Crippen molar-refractivity contribution in [2.45, 2.75) is 26.3 Å². The quantitative estimate of drug-likeness (QED) is 0.820. The Kier molecular flexibility index (Phi) is 5.48. The van der Waals surface area contributed by atoms with Gasteiger partial charge in [0.05, 0.1) is 5.69 Å². The van der Waals surface area contributed by atoms with Crippen LogP contribution in [0, 0.1) is 0 Å². The number of aromatic nitrogens is 2. The van der Waals surface area contributed by atoms with Crippen LogP contribution in [0.3, 0.4) is 0 Å². The largest absolute Gasteiger partial charge is 0.353 e. The van der Waals surface area contributed by atoms with Gasteiger partial charge in [-0.25, -0.2) is 4.98 Å². The molecular weight excluding hydrogens is 314 g/mol. The van der Waals surface area contributed by atoms with Crippen molar-refractivity contribution in [1.82, 2.24) is 14.9 Å². The first kappa shape index (κ1) is 17.2. The van der Waals surface area contributed by atoms with Gasteiger partial charge in [-0.3, -0.25) is 4.79 Å². The monoisotopic (exact) mass is 339 g/mol. The number of amides is 1. The fourth-order valence-corrected chi connectivity index (χ4v) is 2.80. The number of benzene rings is 1. The van der Waals surface area contributed by atoms with Gasteiger partial charge >= 0.3 is 0 Å². The molecule has 1 aromatic heterocycles. The number of carbonyl (C=O) groups excluding carboxylic acids is 1. The molecular formula is C19H25N5O. The zero-order chi connectivity index (χ0) is 17.6. The second-order valence-electron chi connectivity index (χ2n) is 6.38. The molecule has 1 N–H and O–H groups in total. The fraction of sp³-hybridized carbons (Fsp3) is 0.421. The Morgan fingerprint density at radius 3 is 2.52 bits per heavy atom. The standard InChI is InChI=1S/C19H25N5O/c1-3-15(2)20-19-21-17(16-7-5-4-6-8-16)13-18(22-19)24-11-9-23(14-25)10-12-24/h4-8,13-15H,3,9-12H2,1-2H3,(H,20,21,22). The highest BCUT2D eigenvalue weighted by Crippen LogP contribution is 2.24. The second kappa shape index (κ2) is 7.96. The molecule has 1 aliphatic heterocycles. The third-order valence-electron chi connectivity index (χ3n) is 4.56. The van der Waals surface area contributed by atoms with E-state index in [1.54, 1.807) is 4.90 Å². The molecule has 1 atom stereocenters. The molecule has 2 aromatic rings. The molecule has 6 heteroatoms. The third kappa shape index (κ3) is 4.26. The van der Waals surface area contributed by atoms with E-state index in [1.807, 2.05) is 24.3 Å². The molecule has 25 heavy (non-hydrogen) atoms. The van der Waals surface area contributed by atoms with Crippen molar-refractivity contribution in [3.05, 3.63) is 36.4 Å². The summed E-state index contributed by atoms with van der Waals surface area (Å²) in [6.45, 7) is 7.28. The average molecular weight is 339 g/mol. The Labute approximate surface area is 148 Å². The van der Waals surface area contributed by atoms with Gasteiger partial charge in [0, 0.05) is 43.9 Å². The lowest BCUT2D eigenvalue weighted by molar-refractivity contribution is -0.118. The molecule has 1 saturated heterocycles. The minimum Gasteiger partial charge on any atom is -0.353 e. The number of rotatable bonds is 6. The van der Waals surface area contributed by atoms with Crippen molar-refractivity contribution in [2.24, 2.45) is 0 Å². The molecule has 0 aliphatic carbocycles. The maximum Gasteiger partial charge on any atom is 0.225 e. The van der Waals surface area contributed by atoms with E-state index in [1.165, 1.54) is 0 Å². The minimum atomic E-state index is 0.311. The predicted molar refractivity (Wildman–Crippen MR) is 101 cm³/mol. The lowest BCUT2D eigenvalue weighted by Crippen LogP contribution is -2.46. The lowest BCUT2D eigenvalue weighted by atomic mass is 10.1. The molecule has 2 heterocycles. The van der Waals surface area contributed by atoms with E-state index in [0.717, 1.165) is 56.1 Å². The number of nitrogens with one attached hydrogen (secondary N) is 1. The number of hydrogen-bond acceptors (Lipinski definition) is 5. The minimum absolute atomic E-state index is 0.311. The summed E-state index contributed by atoms with van der Waals surface area (Å²) in [6.07, 6.45) is 1.93. The molecule has 132 valence electrons. The summed E-state index contributed by atoms with van der Waals surface area (Å²) in [7, 11) is 0. The number of anilines is 2. The van der Waals surface area contributed by atoms with Crippen LogP contribution in [-0.4, -0.2) is 53.5 Å². The van der Waals surface area contributed by atoms with E-state index < -0.39 is 0 Å². The van der Waals surface area contributed by atoms with Gasteiger partial charge in [-0.1, -0.05) is 37.3 Å². The zero-order valence-electron chi connectivity index (χ0n) is 14.9. The maximum absolute atomic E-state index is 10.9. The predicted octanol–water partition coefficient (Wildman–Crippen LogP) is 2.63. The molecule has 1 aromatic carbocycles. The Balaban J connectivity index is 1.91. The van der Waals surface area contributed by atoms with Crippen LogP contribution in [0.25, 0.3) is 11.3 Å². The Morgan fingerprint density at radius 2 is 1.88 bits per heavy atom. The summed E-state index contributed by atoms with van der Waals surface area (Å²) in [5.74, 6) is 1.56. The Bertz CT molecular complexity index is 698. The molecule has 1 unspecified atom stereocenters. The zero-order valence-corrected chi connectivity index (χ0v) is 14.9. The van der Waals surface area contributed by atoms with Crippen molar-refractivity contribution in [1.29, 1.82) is 0 Å². The molecule has 1 fully saturated rings. The van der Waals surface area contributed by atoms with Crippen LogP contribution in [0.5, 0.6) is 0 Å². The second-order valence-corrected chi connectivity index (χ2v) is 6.38. The summed E-state index contributed by atoms with van der Waals surface area (Å²) >= 11 is 0. The smallest absolute Gasteiger partial charge is 0.225 e. The van der Waals surface area contributed by atoms with Gasteiger partial charge in [0.1, 0.15) is 5.82 Å². The topological polar surface area (TPSA) is 61.4 Å². The molecule has 1 amide bonds. The van der Waals surface area contributed by atoms with Gasteiger partial charge in [-0.15, -0.1) is 0 Å². The van der Waals surface area contributed by atoms with Crippen LogP contribution in [0.2, 0.25) is 0 Å². The first-order valence-corrected chi connectivity index (χ1v) is 8.85. The van der Waals surface area contributed by atoms with Crippen molar-refractivity contribution in [2.75, 3.05) is 36.4 Å². The molecule has 1 aliphatic rings. The van der Waals surface area contributed by atoms with E-state index in [4.69, 9.17) is 9.97 Å². The van der Waals surface area contributed by atoms with Crippen molar-refractivity contribution in [3.8, 4) is 11.3 Å². The number of nitrogens with zero attached hydrogens (tertiary/aromatic N) is 4. The van der Waals surface area contributed by atoms with Gasteiger partial charge < -0.3 is 15.1 Å². The van der Waals surface area contributed by atoms with E-state index in [0.29, 0.717) is 12.0 Å². The van der Waals surface area contributed by atoms with E-state index in [2.05, 4.69) is 36.2 Å². The first-order valence-electron chi connectivity index (χ1n) is 8.85. The van der Waals surface area contributed by atoms with Gasteiger partial charge in [-0.2, -0.15) is 4.98 Å². The van der Waals surface area contributed by atoms with Crippen LogP contribution >= 0.6 is 0 Å². The molecule has 0 spiro atoms. The van der Waals surface area contributed by atoms with Crippen LogP contribution < -0.4 is 10.2 Å². The van der Waals surface area contributed by atoms with Gasteiger partial charge in [0.2, 0.25) is 12.4 Å². The number of carbonyl (C=O) groups is 1. The Morgan fingerprint density at radius 1 is 1.16 bits per heavy atom. The molecule has 0 saturated carbocycles. The first-order chi connectivity index (χ1) is 12.2. The Hall–Kier alpha value is -2.63. The van der Waals surface area contributed by atoms with Crippen LogP contribution in [0.15, 0.2) is 36.4 Å². The van der Waals surface area contributed by atoms with Crippen molar-refractivity contribution in [3.63, 3.8) is 0 Å². The number of piperazine rings is 1. The van der Waals surface area contributed by atoms with Crippen molar-refractivity contribution < 1.29 is 4.79 Å². The summed E-state index contributed by atoms with van der Waals surface area (Å²) in [5.41, 5.74) is 1.99. The lowest BCUT2D eigenvalue weighted by Gasteiger charge is -2.33. The van der Waals surface area contributed by atoms with E-state index in [9.17, 15) is 4.79 Å².